The fourth-order valence-electron chi connectivity index (χ4n) is 2.11. The third kappa shape index (κ3) is 3.34. The Bertz CT molecular complexity index is 580. The van der Waals surface area contributed by atoms with Crippen LogP contribution in [-0.4, -0.2) is 43.8 Å². The number of hydrogen-bond donors (Lipinski definition) is 1. The fraction of sp³-hybridized carbons (Fsp3) is 0.583. The van der Waals surface area contributed by atoms with Crippen molar-refractivity contribution >= 4 is 27.1 Å². The molecule has 0 spiro atoms. The number of aryl methyl sites for hydroxylation is 1. The van der Waals surface area contributed by atoms with Gasteiger partial charge in [-0.2, -0.15) is 0 Å². The summed E-state index contributed by atoms with van der Waals surface area (Å²) in [6, 6.07) is 3.72. The maximum atomic E-state index is 12.1. The normalized spacial score (nSPS) is 24.2. The summed E-state index contributed by atoms with van der Waals surface area (Å²) in [4.78, 5) is 15.9. The van der Waals surface area contributed by atoms with E-state index in [9.17, 15) is 13.2 Å². The van der Waals surface area contributed by atoms with E-state index < -0.39 is 9.84 Å². The van der Waals surface area contributed by atoms with Crippen molar-refractivity contribution < 1.29 is 13.2 Å². The van der Waals surface area contributed by atoms with Crippen LogP contribution in [-0.2, 0) is 14.6 Å². The zero-order valence-corrected chi connectivity index (χ0v) is 12.8. The minimum absolute atomic E-state index is 0.00595. The molecule has 0 radical (unpaired) electrons. The van der Waals surface area contributed by atoms with E-state index in [-0.39, 0.29) is 30.4 Å². The Balaban J connectivity index is 2.19. The number of rotatable bonds is 4. The average Bonchev–Trinajstić information content (AvgIpc) is 2.82. The predicted molar refractivity (Wildman–Crippen MR) is 75.8 cm³/mol. The van der Waals surface area contributed by atoms with Crippen molar-refractivity contribution in [1.82, 2.24) is 10.2 Å². The molecule has 1 amide bonds. The van der Waals surface area contributed by atoms with Crippen molar-refractivity contribution in [2.45, 2.75) is 26.1 Å². The first kappa shape index (κ1) is 14.5. The predicted octanol–water partition coefficient (Wildman–Crippen LogP) is 0.920. The Labute approximate surface area is 117 Å². The van der Waals surface area contributed by atoms with E-state index in [0.717, 1.165) is 4.88 Å². The second kappa shape index (κ2) is 5.22. The van der Waals surface area contributed by atoms with Crippen molar-refractivity contribution in [2.24, 2.45) is 0 Å². The maximum Gasteiger partial charge on any atom is 0.241 e. The first-order valence-electron chi connectivity index (χ1n) is 6.08. The van der Waals surface area contributed by atoms with Crippen LogP contribution in [0.5, 0.6) is 0 Å². The molecular weight excluding hydrogens is 284 g/mol. The van der Waals surface area contributed by atoms with Gasteiger partial charge < -0.3 is 4.90 Å². The Kier molecular flexibility index (Phi) is 3.98. The second-order valence-electron chi connectivity index (χ2n) is 4.90. The van der Waals surface area contributed by atoms with Crippen LogP contribution in [0.4, 0.5) is 0 Å². The molecule has 106 valence electrons. The Morgan fingerprint density at radius 1 is 1.42 bits per heavy atom. The standard InChI is InChI=1S/C12H18N2O3S2/c1-8-4-5-10(18-8)11-13-9(2)12(15)14(11)6-7-19(3,16)17/h4-5,9,11,13H,6-7H2,1-3H3. The molecule has 0 aliphatic carbocycles. The van der Waals surface area contributed by atoms with Gasteiger partial charge in [-0.1, -0.05) is 0 Å². The van der Waals surface area contributed by atoms with Gasteiger partial charge in [0.2, 0.25) is 5.91 Å². The highest BCUT2D eigenvalue weighted by Crippen LogP contribution is 2.30. The molecule has 0 saturated carbocycles. The number of nitrogens with one attached hydrogen (secondary N) is 1. The van der Waals surface area contributed by atoms with Gasteiger partial charge in [0.05, 0.1) is 11.8 Å². The van der Waals surface area contributed by atoms with Crippen molar-refractivity contribution in [1.29, 1.82) is 0 Å². The molecule has 1 aliphatic heterocycles. The van der Waals surface area contributed by atoms with Gasteiger partial charge in [-0.15, -0.1) is 11.3 Å². The van der Waals surface area contributed by atoms with Crippen LogP contribution in [0.3, 0.4) is 0 Å². The number of thiophene rings is 1. The number of nitrogens with zero attached hydrogens (tertiary/aromatic N) is 1. The molecule has 2 heterocycles. The van der Waals surface area contributed by atoms with Crippen LogP contribution in [0.15, 0.2) is 12.1 Å². The van der Waals surface area contributed by atoms with Crippen LogP contribution >= 0.6 is 11.3 Å². The Morgan fingerprint density at radius 3 is 2.63 bits per heavy atom. The van der Waals surface area contributed by atoms with Crippen molar-refractivity contribution in [3.05, 3.63) is 21.9 Å². The minimum atomic E-state index is -3.07. The molecule has 2 rings (SSSR count). The van der Waals surface area contributed by atoms with Gasteiger partial charge in [0.1, 0.15) is 16.0 Å². The number of amides is 1. The third-order valence-electron chi connectivity index (χ3n) is 3.11. The number of sulfone groups is 1. The largest absolute Gasteiger partial charge is 0.320 e. The van der Waals surface area contributed by atoms with Crippen molar-refractivity contribution in [3.63, 3.8) is 0 Å². The summed E-state index contributed by atoms with van der Waals surface area (Å²) in [6.45, 7) is 4.04. The second-order valence-corrected chi connectivity index (χ2v) is 8.48. The molecule has 5 nitrogen and oxygen atoms in total. The monoisotopic (exact) mass is 302 g/mol. The molecule has 1 aliphatic rings. The first-order valence-corrected chi connectivity index (χ1v) is 8.96. The Hall–Kier alpha value is -0.920. The lowest BCUT2D eigenvalue weighted by molar-refractivity contribution is -0.129. The summed E-state index contributed by atoms with van der Waals surface area (Å²) in [6.07, 6.45) is 0.984. The zero-order valence-electron chi connectivity index (χ0n) is 11.2. The molecule has 7 heteroatoms. The van der Waals surface area contributed by atoms with Gasteiger partial charge in [-0.05, 0) is 26.0 Å². The van der Waals surface area contributed by atoms with Gasteiger partial charge in [0.15, 0.2) is 0 Å². The summed E-state index contributed by atoms with van der Waals surface area (Å²) in [7, 11) is -3.07. The summed E-state index contributed by atoms with van der Waals surface area (Å²) < 4.78 is 22.5. The Morgan fingerprint density at radius 2 is 2.11 bits per heavy atom. The molecule has 1 fully saturated rings. The van der Waals surface area contributed by atoms with E-state index in [1.807, 2.05) is 19.1 Å². The molecule has 1 saturated heterocycles. The van der Waals surface area contributed by atoms with Crippen LogP contribution in [0.2, 0.25) is 0 Å². The summed E-state index contributed by atoms with van der Waals surface area (Å²) in [5.74, 6) is -0.0479. The van der Waals surface area contributed by atoms with Gasteiger partial charge in [0.25, 0.3) is 0 Å². The molecule has 2 atom stereocenters. The molecular formula is C12H18N2O3S2. The zero-order chi connectivity index (χ0) is 14.2. The molecule has 2 unspecified atom stereocenters. The molecule has 1 N–H and O–H groups in total. The van der Waals surface area contributed by atoms with E-state index in [0.29, 0.717) is 0 Å². The minimum Gasteiger partial charge on any atom is -0.320 e. The average molecular weight is 302 g/mol. The van der Waals surface area contributed by atoms with Gasteiger partial charge in [-0.25, -0.2) is 8.42 Å². The first-order chi connectivity index (χ1) is 8.78. The van der Waals surface area contributed by atoms with E-state index in [2.05, 4.69) is 5.32 Å². The number of carbonyl (C=O) groups excluding carboxylic acids is 1. The van der Waals surface area contributed by atoms with Crippen molar-refractivity contribution in [2.75, 3.05) is 18.6 Å². The maximum absolute atomic E-state index is 12.1. The van der Waals surface area contributed by atoms with E-state index >= 15 is 0 Å². The van der Waals surface area contributed by atoms with E-state index in [1.165, 1.54) is 11.1 Å². The topological polar surface area (TPSA) is 66.5 Å². The van der Waals surface area contributed by atoms with Crippen LogP contribution in [0.25, 0.3) is 0 Å². The van der Waals surface area contributed by atoms with Gasteiger partial charge >= 0.3 is 0 Å². The summed E-state index contributed by atoms with van der Waals surface area (Å²) >= 11 is 1.62. The lowest BCUT2D eigenvalue weighted by Gasteiger charge is -2.22. The summed E-state index contributed by atoms with van der Waals surface area (Å²) in [5.41, 5.74) is 0. The van der Waals surface area contributed by atoms with Gasteiger partial charge in [-0.3, -0.25) is 10.1 Å². The SMILES string of the molecule is Cc1ccc(C2NC(C)C(=O)N2CCS(C)(=O)=O)s1. The highest BCUT2D eigenvalue weighted by Gasteiger charge is 2.37. The molecule has 1 aromatic rings. The van der Waals surface area contributed by atoms with Gasteiger partial charge in [0, 0.05) is 22.6 Å². The lowest BCUT2D eigenvalue weighted by atomic mass is 10.3. The molecule has 19 heavy (non-hydrogen) atoms. The lowest BCUT2D eigenvalue weighted by Crippen LogP contribution is -2.34. The summed E-state index contributed by atoms with van der Waals surface area (Å²) in [5, 5.41) is 3.21. The fourth-order valence-corrected chi connectivity index (χ4v) is 3.59. The van der Waals surface area contributed by atoms with E-state index in [1.54, 1.807) is 23.2 Å². The quantitative estimate of drug-likeness (QED) is 0.898. The number of hydrogen-bond acceptors (Lipinski definition) is 5. The molecule has 1 aromatic heterocycles. The van der Waals surface area contributed by atoms with Crippen LogP contribution in [0, 0.1) is 6.92 Å². The number of carbonyl (C=O) groups is 1. The highest BCUT2D eigenvalue weighted by molar-refractivity contribution is 7.90. The third-order valence-corrected chi connectivity index (χ3v) is 5.08. The van der Waals surface area contributed by atoms with E-state index in [4.69, 9.17) is 0 Å². The van der Waals surface area contributed by atoms with Crippen molar-refractivity contribution in [3.8, 4) is 0 Å². The molecule has 0 bridgehead atoms. The smallest absolute Gasteiger partial charge is 0.241 e. The van der Waals surface area contributed by atoms with Crippen LogP contribution in [0.1, 0.15) is 22.8 Å². The molecule has 0 aromatic carbocycles. The highest BCUT2D eigenvalue weighted by atomic mass is 32.2. The van der Waals surface area contributed by atoms with Crippen LogP contribution < -0.4 is 5.32 Å².